The van der Waals surface area contributed by atoms with Gasteiger partial charge in [-0.05, 0) is 19.4 Å². The molecule has 20 heavy (non-hydrogen) atoms. The topological polar surface area (TPSA) is 92.9 Å². The smallest absolute Gasteiger partial charge is 0.311 e. The van der Waals surface area contributed by atoms with Gasteiger partial charge in [-0.15, -0.1) is 0 Å². The van der Waals surface area contributed by atoms with E-state index in [1.807, 2.05) is 4.90 Å². The van der Waals surface area contributed by atoms with Crippen LogP contribution in [0.3, 0.4) is 0 Å². The Balaban J connectivity index is 2.23. The average Bonchev–Trinajstić information content (AvgIpc) is 2.88. The van der Waals surface area contributed by atoms with Gasteiger partial charge in [0.2, 0.25) is 0 Å². The highest BCUT2D eigenvalue weighted by Gasteiger charge is 2.29. The lowest BCUT2D eigenvalue weighted by Crippen LogP contribution is -2.22. The van der Waals surface area contributed by atoms with Gasteiger partial charge in [-0.25, -0.2) is 0 Å². The van der Waals surface area contributed by atoms with E-state index in [0.29, 0.717) is 26.1 Å². The van der Waals surface area contributed by atoms with Crippen LogP contribution < -0.4 is 9.64 Å². The summed E-state index contributed by atoms with van der Waals surface area (Å²) in [5.74, 6) is -0.978. The molecule has 7 heteroatoms. The fourth-order valence-electron chi connectivity index (χ4n) is 2.32. The van der Waals surface area contributed by atoms with E-state index in [9.17, 15) is 14.9 Å². The van der Waals surface area contributed by atoms with Crippen LogP contribution in [0.5, 0.6) is 5.75 Å². The lowest BCUT2D eigenvalue weighted by atomic mass is 10.1. The normalized spacial score (nSPS) is 18.1. The van der Waals surface area contributed by atoms with Gasteiger partial charge in [0.15, 0.2) is 5.75 Å². The Morgan fingerprint density at radius 2 is 2.35 bits per heavy atom. The third-order valence-electron chi connectivity index (χ3n) is 3.34. The first-order chi connectivity index (χ1) is 9.52. The van der Waals surface area contributed by atoms with Crippen molar-refractivity contribution in [3.05, 3.63) is 28.3 Å². The van der Waals surface area contributed by atoms with Gasteiger partial charge < -0.3 is 14.7 Å². The standard InChI is InChI=1S/C13H16N2O5/c1-2-20-12-7-10(3-4-11(12)15(18)19)14-6-5-9(8-14)13(16)17/h3-4,7,9H,2,5-6,8H2,1H3,(H,16,17). The van der Waals surface area contributed by atoms with E-state index in [2.05, 4.69) is 0 Å². The largest absolute Gasteiger partial charge is 0.487 e. The number of nitro benzene ring substituents is 1. The van der Waals surface area contributed by atoms with Crippen molar-refractivity contribution in [3.8, 4) is 5.75 Å². The zero-order valence-electron chi connectivity index (χ0n) is 11.1. The third-order valence-corrected chi connectivity index (χ3v) is 3.34. The summed E-state index contributed by atoms with van der Waals surface area (Å²) in [5.41, 5.74) is 0.674. The van der Waals surface area contributed by atoms with Crippen LogP contribution >= 0.6 is 0 Å². The van der Waals surface area contributed by atoms with E-state index in [-0.39, 0.29) is 17.4 Å². The minimum Gasteiger partial charge on any atom is -0.487 e. The molecule has 7 nitrogen and oxygen atoms in total. The summed E-state index contributed by atoms with van der Waals surface area (Å²) in [6.07, 6.45) is 0.580. The van der Waals surface area contributed by atoms with Crippen molar-refractivity contribution in [2.24, 2.45) is 5.92 Å². The fraction of sp³-hybridized carbons (Fsp3) is 0.462. The van der Waals surface area contributed by atoms with Gasteiger partial charge in [0.1, 0.15) is 0 Å². The van der Waals surface area contributed by atoms with Gasteiger partial charge in [-0.1, -0.05) is 0 Å². The van der Waals surface area contributed by atoms with E-state index in [1.54, 1.807) is 19.1 Å². The molecule has 0 spiro atoms. The summed E-state index contributed by atoms with van der Waals surface area (Å²) in [5, 5.41) is 19.9. The summed E-state index contributed by atoms with van der Waals surface area (Å²) in [4.78, 5) is 23.3. The number of ether oxygens (including phenoxy) is 1. The quantitative estimate of drug-likeness (QED) is 0.654. The Labute approximate surface area is 115 Å². The Morgan fingerprint density at radius 1 is 1.60 bits per heavy atom. The van der Waals surface area contributed by atoms with Gasteiger partial charge in [-0.2, -0.15) is 0 Å². The molecule has 108 valence electrons. The Morgan fingerprint density at radius 3 is 2.90 bits per heavy atom. The summed E-state index contributed by atoms with van der Waals surface area (Å²) >= 11 is 0. The number of nitrogens with zero attached hydrogens (tertiary/aromatic N) is 2. The maximum Gasteiger partial charge on any atom is 0.311 e. The van der Waals surface area contributed by atoms with Gasteiger partial charge in [0.25, 0.3) is 0 Å². The zero-order valence-corrected chi connectivity index (χ0v) is 11.1. The lowest BCUT2D eigenvalue weighted by molar-refractivity contribution is -0.385. The fourth-order valence-corrected chi connectivity index (χ4v) is 2.32. The van der Waals surface area contributed by atoms with Crippen molar-refractivity contribution in [3.63, 3.8) is 0 Å². The molecule has 1 heterocycles. The van der Waals surface area contributed by atoms with Crippen LogP contribution in [0.25, 0.3) is 0 Å². The van der Waals surface area contributed by atoms with E-state index >= 15 is 0 Å². The van der Waals surface area contributed by atoms with Crippen molar-refractivity contribution in [1.29, 1.82) is 0 Å². The van der Waals surface area contributed by atoms with Crippen molar-refractivity contribution in [2.75, 3.05) is 24.6 Å². The van der Waals surface area contributed by atoms with Crippen LogP contribution in [0.1, 0.15) is 13.3 Å². The molecule has 1 aliphatic heterocycles. The number of hydrogen-bond donors (Lipinski definition) is 1. The van der Waals surface area contributed by atoms with Crippen LogP contribution in [0, 0.1) is 16.0 Å². The van der Waals surface area contributed by atoms with Crippen molar-refractivity contribution < 1.29 is 19.6 Å². The van der Waals surface area contributed by atoms with Gasteiger partial charge in [-0.3, -0.25) is 14.9 Å². The molecule has 0 aliphatic carbocycles. The number of carboxylic acid groups (broad SMARTS) is 1. The maximum atomic E-state index is 11.0. The highest BCUT2D eigenvalue weighted by molar-refractivity contribution is 5.72. The average molecular weight is 280 g/mol. The highest BCUT2D eigenvalue weighted by atomic mass is 16.6. The van der Waals surface area contributed by atoms with Crippen molar-refractivity contribution >= 4 is 17.3 Å². The molecule has 1 aromatic rings. The SMILES string of the molecule is CCOc1cc(N2CCC(C(=O)O)C2)ccc1[N+](=O)[O-]. The van der Waals surface area contributed by atoms with Crippen LogP contribution in [0.15, 0.2) is 18.2 Å². The number of aliphatic carboxylic acids is 1. The molecule has 1 aliphatic rings. The Bertz CT molecular complexity index is 531. The molecule has 0 amide bonds. The zero-order chi connectivity index (χ0) is 14.7. The number of rotatable bonds is 5. The lowest BCUT2D eigenvalue weighted by Gasteiger charge is -2.18. The van der Waals surface area contributed by atoms with E-state index in [4.69, 9.17) is 9.84 Å². The van der Waals surface area contributed by atoms with Gasteiger partial charge in [0.05, 0.1) is 17.4 Å². The number of hydrogen-bond acceptors (Lipinski definition) is 5. The van der Waals surface area contributed by atoms with E-state index in [0.717, 1.165) is 5.69 Å². The molecule has 1 atom stereocenters. The van der Waals surface area contributed by atoms with Crippen molar-refractivity contribution in [1.82, 2.24) is 0 Å². The summed E-state index contributed by atoms with van der Waals surface area (Å²) < 4.78 is 5.29. The molecule has 1 aromatic carbocycles. The molecule has 0 saturated carbocycles. The molecular weight excluding hydrogens is 264 g/mol. The first-order valence-corrected chi connectivity index (χ1v) is 6.42. The number of benzene rings is 1. The summed E-state index contributed by atoms with van der Waals surface area (Å²) in [7, 11) is 0. The van der Waals surface area contributed by atoms with E-state index < -0.39 is 10.9 Å². The number of nitro groups is 1. The Hall–Kier alpha value is -2.31. The highest BCUT2D eigenvalue weighted by Crippen LogP contribution is 2.33. The summed E-state index contributed by atoms with van der Waals surface area (Å²) in [6.45, 7) is 3.13. The first kappa shape index (κ1) is 14.1. The molecule has 0 radical (unpaired) electrons. The minimum absolute atomic E-state index is 0.0791. The molecular formula is C13H16N2O5. The predicted molar refractivity (Wildman–Crippen MR) is 72.2 cm³/mol. The molecule has 1 saturated heterocycles. The van der Waals surface area contributed by atoms with Gasteiger partial charge in [0, 0.05) is 30.9 Å². The van der Waals surface area contributed by atoms with Crippen molar-refractivity contribution in [2.45, 2.75) is 13.3 Å². The number of carbonyl (C=O) groups is 1. The van der Waals surface area contributed by atoms with Crippen LogP contribution in [0.4, 0.5) is 11.4 Å². The van der Waals surface area contributed by atoms with Gasteiger partial charge >= 0.3 is 11.7 Å². The summed E-state index contributed by atoms with van der Waals surface area (Å²) in [6, 6.07) is 4.63. The van der Waals surface area contributed by atoms with Crippen LogP contribution in [-0.4, -0.2) is 35.7 Å². The molecule has 1 unspecified atom stereocenters. The molecule has 1 fully saturated rings. The monoisotopic (exact) mass is 280 g/mol. The maximum absolute atomic E-state index is 11.0. The molecule has 2 rings (SSSR count). The van der Waals surface area contributed by atoms with Crippen LogP contribution in [-0.2, 0) is 4.79 Å². The second-order valence-electron chi connectivity index (χ2n) is 4.61. The molecule has 0 bridgehead atoms. The van der Waals surface area contributed by atoms with E-state index in [1.165, 1.54) is 6.07 Å². The van der Waals surface area contributed by atoms with Crippen LogP contribution in [0.2, 0.25) is 0 Å². The second kappa shape index (κ2) is 5.77. The number of carboxylic acids is 1. The molecule has 0 aromatic heterocycles. The predicted octanol–water partition coefficient (Wildman–Crippen LogP) is 1.90. The first-order valence-electron chi connectivity index (χ1n) is 6.42. The molecule has 1 N–H and O–H groups in total. The Kier molecular flexibility index (Phi) is 4.07. The number of anilines is 1. The second-order valence-corrected chi connectivity index (χ2v) is 4.61. The minimum atomic E-state index is -0.806. The third kappa shape index (κ3) is 2.81.